The second kappa shape index (κ2) is 8.34. The third kappa shape index (κ3) is 5.13. The number of hydrogen-bond donors (Lipinski definition) is 1. The van der Waals surface area contributed by atoms with Crippen molar-refractivity contribution in [1.82, 2.24) is 0 Å². The molecule has 0 fully saturated rings. The molecule has 0 saturated carbocycles. The van der Waals surface area contributed by atoms with Crippen LogP contribution >= 0.6 is 0 Å². The van der Waals surface area contributed by atoms with Crippen molar-refractivity contribution in [1.29, 1.82) is 0 Å². The maximum Gasteiger partial charge on any atom is 0.116 e. The van der Waals surface area contributed by atoms with Gasteiger partial charge in [-0.25, -0.2) is 4.39 Å². The van der Waals surface area contributed by atoms with E-state index in [2.05, 4.69) is 62.9 Å². The molecule has 2 N–H and O–H groups in total. The average molecular weight is 378 g/mol. The van der Waals surface area contributed by atoms with Crippen molar-refractivity contribution >= 4 is 5.57 Å². The molecule has 1 unspecified atom stereocenters. The zero-order valence-corrected chi connectivity index (χ0v) is 17.4. The lowest BCUT2D eigenvalue weighted by Gasteiger charge is -2.13. The molecule has 28 heavy (non-hydrogen) atoms. The van der Waals surface area contributed by atoms with Gasteiger partial charge in [-0.15, -0.1) is 0 Å². The molecule has 0 aromatic heterocycles. The van der Waals surface area contributed by atoms with E-state index in [9.17, 15) is 4.39 Å². The van der Waals surface area contributed by atoms with Crippen LogP contribution in [0, 0.1) is 13.8 Å². The molecule has 0 amide bonds. The van der Waals surface area contributed by atoms with Gasteiger partial charge in [0.15, 0.2) is 0 Å². The van der Waals surface area contributed by atoms with E-state index in [0.717, 1.165) is 31.4 Å². The van der Waals surface area contributed by atoms with Gasteiger partial charge < -0.3 is 5.73 Å². The van der Waals surface area contributed by atoms with Crippen LogP contribution in [0.4, 0.5) is 4.39 Å². The van der Waals surface area contributed by atoms with Crippen LogP contribution in [0.5, 0.6) is 0 Å². The molecule has 3 rings (SSSR count). The Hall–Kier alpha value is -2.35. The summed E-state index contributed by atoms with van der Waals surface area (Å²) in [5.41, 5.74) is 14.1. The summed E-state index contributed by atoms with van der Waals surface area (Å²) < 4.78 is 14.8. The van der Waals surface area contributed by atoms with Gasteiger partial charge in [0.25, 0.3) is 0 Å². The second-order valence-corrected chi connectivity index (χ2v) is 8.63. The number of halogens is 1. The lowest BCUT2D eigenvalue weighted by molar-refractivity contribution is 0.207. The molecule has 0 bridgehead atoms. The first kappa shape index (κ1) is 20.4. The number of benzene rings is 2. The van der Waals surface area contributed by atoms with E-state index < -0.39 is 5.67 Å². The van der Waals surface area contributed by atoms with Gasteiger partial charge in [0, 0.05) is 18.5 Å². The first-order valence-corrected chi connectivity index (χ1v) is 10.2. The first-order valence-electron chi connectivity index (χ1n) is 10.2. The van der Waals surface area contributed by atoms with Gasteiger partial charge in [-0.05, 0) is 74.3 Å². The number of allylic oxidation sites excluding steroid dienone is 3. The topological polar surface area (TPSA) is 26.0 Å². The molecule has 2 aromatic carbocycles. The van der Waals surface area contributed by atoms with Crippen molar-refractivity contribution in [3.05, 3.63) is 88.1 Å². The Bertz CT molecular complexity index is 887. The van der Waals surface area contributed by atoms with Crippen LogP contribution in [0.15, 0.2) is 60.3 Å². The summed E-state index contributed by atoms with van der Waals surface area (Å²) in [6.45, 7) is 9.76. The standard InChI is InChI=1S/C26H32FN/c1-18-5-10-23(11-6-18)25-17-26(4,27)16-24(25)14-9-21-8-13-22(19(2)15-21)12-7-20(3)28/h5-6,8,10-11,13,15H,3,7,9,12,14,16-17,28H2,1-2,4H3. The minimum absolute atomic E-state index is 0.520. The Kier molecular flexibility index (Phi) is 6.07. The maximum atomic E-state index is 14.8. The second-order valence-electron chi connectivity index (χ2n) is 8.63. The van der Waals surface area contributed by atoms with Crippen LogP contribution in [-0.4, -0.2) is 5.67 Å². The number of hydrogen-bond acceptors (Lipinski definition) is 1. The molecule has 1 aliphatic rings. The summed E-state index contributed by atoms with van der Waals surface area (Å²) in [7, 11) is 0. The summed E-state index contributed by atoms with van der Waals surface area (Å²) in [5.74, 6) is 0. The molecule has 1 aliphatic carbocycles. The van der Waals surface area contributed by atoms with Crippen LogP contribution in [0.3, 0.4) is 0 Å². The summed E-state index contributed by atoms with van der Waals surface area (Å²) >= 11 is 0. The van der Waals surface area contributed by atoms with Crippen molar-refractivity contribution in [2.24, 2.45) is 5.73 Å². The number of rotatable bonds is 7. The van der Waals surface area contributed by atoms with Crippen molar-refractivity contribution in [3.63, 3.8) is 0 Å². The Balaban J connectivity index is 1.74. The molecule has 1 nitrogen and oxygen atoms in total. The lowest BCUT2D eigenvalue weighted by atomic mass is 9.95. The van der Waals surface area contributed by atoms with E-state index in [4.69, 9.17) is 5.73 Å². The maximum absolute atomic E-state index is 14.8. The summed E-state index contributed by atoms with van der Waals surface area (Å²) in [6.07, 6.45) is 4.69. The van der Waals surface area contributed by atoms with Gasteiger partial charge in [-0.2, -0.15) is 0 Å². The minimum atomic E-state index is -1.13. The van der Waals surface area contributed by atoms with Gasteiger partial charge in [-0.1, -0.05) is 60.2 Å². The Morgan fingerprint density at radius 1 is 1.04 bits per heavy atom. The van der Waals surface area contributed by atoms with Gasteiger partial charge in [-0.3, -0.25) is 0 Å². The molecular weight excluding hydrogens is 345 g/mol. The Labute approximate surface area is 169 Å². The average Bonchev–Trinajstić information content (AvgIpc) is 2.94. The molecule has 0 radical (unpaired) electrons. The van der Waals surface area contributed by atoms with Crippen LogP contribution in [0.1, 0.15) is 60.4 Å². The first-order chi connectivity index (χ1) is 13.2. The van der Waals surface area contributed by atoms with Crippen molar-refractivity contribution in [2.45, 2.75) is 65.0 Å². The molecule has 0 saturated heterocycles. The fourth-order valence-corrected chi connectivity index (χ4v) is 4.19. The number of alkyl halides is 1. The summed E-state index contributed by atoms with van der Waals surface area (Å²) in [5, 5.41) is 0. The normalized spacial score (nSPS) is 19.3. The van der Waals surface area contributed by atoms with E-state index in [1.165, 1.54) is 39.0 Å². The quantitative estimate of drug-likeness (QED) is 0.577. The molecular formula is C26H32FN. The highest BCUT2D eigenvalue weighted by Gasteiger charge is 2.34. The fourth-order valence-electron chi connectivity index (χ4n) is 4.19. The highest BCUT2D eigenvalue weighted by Crippen LogP contribution is 2.44. The molecule has 148 valence electrons. The van der Waals surface area contributed by atoms with Gasteiger partial charge >= 0.3 is 0 Å². The van der Waals surface area contributed by atoms with Crippen LogP contribution < -0.4 is 5.73 Å². The minimum Gasteiger partial charge on any atom is -0.403 e. The van der Waals surface area contributed by atoms with E-state index >= 15 is 0 Å². The molecule has 2 heteroatoms. The highest BCUT2D eigenvalue weighted by molar-refractivity contribution is 5.72. The van der Waals surface area contributed by atoms with Gasteiger partial charge in [0.05, 0.1) is 0 Å². The highest BCUT2D eigenvalue weighted by atomic mass is 19.1. The predicted octanol–water partition coefficient (Wildman–Crippen LogP) is 6.62. The van der Waals surface area contributed by atoms with E-state index in [1.807, 2.05) is 0 Å². The third-order valence-corrected chi connectivity index (χ3v) is 5.79. The van der Waals surface area contributed by atoms with Crippen LogP contribution in [0.2, 0.25) is 0 Å². The summed E-state index contributed by atoms with van der Waals surface area (Å²) in [6, 6.07) is 15.2. The van der Waals surface area contributed by atoms with E-state index in [-0.39, 0.29) is 0 Å². The molecule has 2 aromatic rings. The fraction of sp³-hybridized carbons (Fsp3) is 0.385. The predicted molar refractivity (Wildman–Crippen MR) is 118 cm³/mol. The van der Waals surface area contributed by atoms with Gasteiger partial charge in [0.1, 0.15) is 5.67 Å². The smallest absolute Gasteiger partial charge is 0.116 e. The van der Waals surface area contributed by atoms with Gasteiger partial charge in [0.2, 0.25) is 0 Å². The molecule has 0 heterocycles. The number of nitrogens with two attached hydrogens (primary N) is 1. The monoisotopic (exact) mass is 377 g/mol. The third-order valence-electron chi connectivity index (χ3n) is 5.79. The molecule has 0 aliphatic heterocycles. The largest absolute Gasteiger partial charge is 0.403 e. The molecule has 0 spiro atoms. The Morgan fingerprint density at radius 2 is 1.75 bits per heavy atom. The van der Waals surface area contributed by atoms with Crippen LogP contribution in [-0.2, 0) is 12.8 Å². The number of aryl methyl sites for hydroxylation is 4. The zero-order chi connectivity index (χ0) is 20.3. The Morgan fingerprint density at radius 3 is 2.39 bits per heavy atom. The lowest BCUT2D eigenvalue weighted by Crippen LogP contribution is -2.12. The SMILES string of the molecule is C=C(N)CCc1ccc(CCC2=C(c3ccc(C)cc3)CC(C)(F)C2)cc1C. The van der Waals surface area contributed by atoms with Crippen molar-refractivity contribution in [2.75, 3.05) is 0 Å². The van der Waals surface area contributed by atoms with Crippen LogP contribution in [0.25, 0.3) is 5.57 Å². The summed E-state index contributed by atoms with van der Waals surface area (Å²) in [4.78, 5) is 0. The zero-order valence-electron chi connectivity index (χ0n) is 17.4. The van der Waals surface area contributed by atoms with E-state index in [1.54, 1.807) is 6.92 Å². The van der Waals surface area contributed by atoms with Crippen molar-refractivity contribution < 1.29 is 4.39 Å². The van der Waals surface area contributed by atoms with E-state index in [0.29, 0.717) is 12.8 Å². The van der Waals surface area contributed by atoms with Crippen molar-refractivity contribution in [3.8, 4) is 0 Å². The molecule has 1 atom stereocenters.